The second-order valence-electron chi connectivity index (χ2n) is 7.48. The molecule has 20 heavy (non-hydrogen) atoms. The number of rotatable bonds is 5. The number of aliphatic carboxylic acids is 1. The first-order chi connectivity index (χ1) is 9.44. The zero-order valence-electron chi connectivity index (χ0n) is 13.4. The van der Waals surface area contributed by atoms with E-state index in [1.165, 1.54) is 38.5 Å². The molecule has 0 aromatic rings. The average molecular weight is 281 g/mol. The molecule has 1 unspecified atom stereocenters. The van der Waals surface area contributed by atoms with Gasteiger partial charge in [-0.05, 0) is 56.4 Å². The van der Waals surface area contributed by atoms with Crippen LogP contribution in [0, 0.1) is 11.3 Å². The highest BCUT2D eigenvalue weighted by Gasteiger charge is 2.37. The Morgan fingerprint density at radius 1 is 1.20 bits per heavy atom. The molecule has 116 valence electrons. The molecule has 0 spiro atoms. The minimum atomic E-state index is -0.636. The van der Waals surface area contributed by atoms with Crippen LogP contribution in [0.1, 0.15) is 72.1 Å². The van der Waals surface area contributed by atoms with Crippen LogP contribution in [-0.4, -0.2) is 34.6 Å². The van der Waals surface area contributed by atoms with Gasteiger partial charge in [-0.3, -0.25) is 9.69 Å². The van der Waals surface area contributed by atoms with Crippen LogP contribution in [0.2, 0.25) is 0 Å². The highest BCUT2D eigenvalue weighted by atomic mass is 16.4. The minimum Gasteiger partial charge on any atom is -0.481 e. The summed E-state index contributed by atoms with van der Waals surface area (Å²) in [6, 6.07) is 0.944. The van der Waals surface area contributed by atoms with Crippen LogP contribution in [0.3, 0.4) is 0 Å². The largest absolute Gasteiger partial charge is 0.481 e. The quantitative estimate of drug-likeness (QED) is 0.830. The molecule has 3 heteroatoms. The molecule has 0 amide bonds. The molecule has 1 saturated carbocycles. The van der Waals surface area contributed by atoms with E-state index in [9.17, 15) is 4.79 Å². The van der Waals surface area contributed by atoms with Crippen molar-refractivity contribution in [2.75, 3.05) is 6.54 Å². The fourth-order valence-corrected chi connectivity index (χ4v) is 4.24. The fraction of sp³-hybridized carbons (Fsp3) is 0.941. The molecular formula is C17H31NO2. The first-order valence-corrected chi connectivity index (χ1v) is 8.41. The lowest BCUT2D eigenvalue weighted by Gasteiger charge is -2.42. The molecule has 1 N–H and O–H groups in total. The lowest BCUT2D eigenvalue weighted by Crippen LogP contribution is -2.43. The number of hydrogen-bond acceptors (Lipinski definition) is 2. The SMILES string of the molecule is CCC(C)(C)C1CCC(N2CCCC2CC(=O)O)CC1. The van der Waals surface area contributed by atoms with E-state index in [0.29, 0.717) is 23.9 Å². The van der Waals surface area contributed by atoms with Gasteiger partial charge in [0.1, 0.15) is 0 Å². The van der Waals surface area contributed by atoms with Crippen LogP contribution < -0.4 is 0 Å². The monoisotopic (exact) mass is 281 g/mol. The second kappa shape index (κ2) is 6.46. The Hall–Kier alpha value is -0.570. The first-order valence-electron chi connectivity index (χ1n) is 8.41. The van der Waals surface area contributed by atoms with Crippen LogP contribution >= 0.6 is 0 Å². The fourth-order valence-electron chi connectivity index (χ4n) is 4.24. The summed E-state index contributed by atoms with van der Waals surface area (Å²) in [5.41, 5.74) is 0.469. The van der Waals surface area contributed by atoms with Gasteiger partial charge in [0.05, 0.1) is 6.42 Å². The van der Waals surface area contributed by atoms with Crippen molar-refractivity contribution >= 4 is 5.97 Å². The molecule has 0 aromatic carbocycles. The van der Waals surface area contributed by atoms with E-state index in [-0.39, 0.29) is 0 Å². The van der Waals surface area contributed by atoms with E-state index in [1.807, 2.05) is 0 Å². The molecule has 0 bridgehead atoms. The van der Waals surface area contributed by atoms with Crippen molar-refractivity contribution in [2.45, 2.75) is 84.2 Å². The third kappa shape index (κ3) is 3.55. The number of carboxylic acid groups (broad SMARTS) is 1. The van der Waals surface area contributed by atoms with Gasteiger partial charge < -0.3 is 5.11 Å². The Labute approximate surface area is 123 Å². The van der Waals surface area contributed by atoms with Crippen LogP contribution in [-0.2, 0) is 4.79 Å². The first kappa shape index (κ1) is 15.8. The number of nitrogens with zero attached hydrogens (tertiary/aromatic N) is 1. The van der Waals surface area contributed by atoms with Crippen LogP contribution in [0.15, 0.2) is 0 Å². The van der Waals surface area contributed by atoms with Crippen molar-refractivity contribution < 1.29 is 9.90 Å². The van der Waals surface area contributed by atoms with Gasteiger partial charge in [0, 0.05) is 12.1 Å². The lowest BCUT2D eigenvalue weighted by atomic mass is 9.68. The Morgan fingerprint density at radius 2 is 1.85 bits per heavy atom. The summed E-state index contributed by atoms with van der Waals surface area (Å²) < 4.78 is 0. The lowest BCUT2D eigenvalue weighted by molar-refractivity contribution is -0.138. The summed E-state index contributed by atoms with van der Waals surface area (Å²) in [4.78, 5) is 13.5. The molecule has 2 fully saturated rings. The zero-order chi connectivity index (χ0) is 14.8. The molecule has 0 aromatic heterocycles. The molecular weight excluding hydrogens is 250 g/mol. The Morgan fingerprint density at radius 3 is 2.40 bits per heavy atom. The molecule has 0 radical (unpaired) electrons. The number of hydrogen-bond donors (Lipinski definition) is 1. The van der Waals surface area contributed by atoms with Crippen LogP contribution in [0.5, 0.6) is 0 Å². The summed E-state index contributed by atoms with van der Waals surface area (Å²) in [6.45, 7) is 8.22. The molecule has 2 aliphatic rings. The van der Waals surface area contributed by atoms with Crippen molar-refractivity contribution in [2.24, 2.45) is 11.3 Å². The van der Waals surface area contributed by atoms with Crippen molar-refractivity contribution in [1.29, 1.82) is 0 Å². The smallest absolute Gasteiger partial charge is 0.304 e. The zero-order valence-corrected chi connectivity index (χ0v) is 13.4. The predicted octanol–water partition coefficient (Wildman–Crippen LogP) is 3.92. The van der Waals surface area contributed by atoms with E-state index in [1.54, 1.807) is 0 Å². The average Bonchev–Trinajstić information content (AvgIpc) is 2.86. The van der Waals surface area contributed by atoms with Crippen molar-refractivity contribution in [3.05, 3.63) is 0 Å². The third-order valence-electron chi connectivity index (χ3n) is 6.02. The van der Waals surface area contributed by atoms with Gasteiger partial charge in [0.15, 0.2) is 0 Å². The van der Waals surface area contributed by atoms with Crippen molar-refractivity contribution in [1.82, 2.24) is 4.90 Å². The van der Waals surface area contributed by atoms with Gasteiger partial charge in [0.2, 0.25) is 0 Å². The Balaban J connectivity index is 1.88. The molecule has 1 aliphatic heterocycles. The third-order valence-corrected chi connectivity index (χ3v) is 6.02. The maximum absolute atomic E-state index is 11.0. The summed E-state index contributed by atoms with van der Waals surface area (Å²) in [7, 11) is 0. The molecule has 2 rings (SSSR count). The van der Waals surface area contributed by atoms with Gasteiger partial charge in [-0.15, -0.1) is 0 Å². The summed E-state index contributed by atoms with van der Waals surface area (Å²) in [5.74, 6) is 0.215. The van der Waals surface area contributed by atoms with Crippen LogP contribution in [0.25, 0.3) is 0 Å². The normalized spacial score (nSPS) is 32.5. The van der Waals surface area contributed by atoms with Crippen molar-refractivity contribution in [3.63, 3.8) is 0 Å². The topological polar surface area (TPSA) is 40.5 Å². The Kier molecular flexibility index (Phi) is 5.11. The van der Waals surface area contributed by atoms with Gasteiger partial charge in [-0.2, -0.15) is 0 Å². The molecule has 1 heterocycles. The molecule has 1 atom stereocenters. The van der Waals surface area contributed by atoms with Gasteiger partial charge in [-0.1, -0.05) is 27.2 Å². The standard InChI is InChI=1S/C17H31NO2/c1-4-17(2,3)13-7-9-14(10-8-13)18-11-5-6-15(18)12-16(19)20/h13-15H,4-12H2,1-3H3,(H,19,20). The van der Waals surface area contributed by atoms with Crippen LogP contribution in [0.4, 0.5) is 0 Å². The van der Waals surface area contributed by atoms with Gasteiger partial charge in [-0.25, -0.2) is 0 Å². The number of carboxylic acids is 1. The van der Waals surface area contributed by atoms with Gasteiger partial charge >= 0.3 is 5.97 Å². The molecule has 1 saturated heterocycles. The number of likely N-dealkylation sites (tertiary alicyclic amines) is 1. The number of carbonyl (C=O) groups is 1. The molecule has 1 aliphatic carbocycles. The maximum Gasteiger partial charge on any atom is 0.304 e. The van der Waals surface area contributed by atoms with E-state index in [4.69, 9.17) is 5.11 Å². The Bertz CT molecular complexity index is 332. The highest BCUT2D eigenvalue weighted by Crippen LogP contribution is 2.42. The van der Waals surface area contributed by atoms with E-state index in [0.717, 1.165) is 18.9 Å². The van der Waals surface area contributed by atoms with E-state index in [2.05, 4.69) is 25.7 Å². The summed E-state index contributed by atoms with van der Waals surface area (Å²) >= 11 is 0. The van der Waals surface area contributed by atoms with Crippen molar-refractivity contribution in [3.8, 4) is 0 Å². The summed E-state index contributed by atoms with van der Waals surface area (Å²) in [6.07, 6.45) is 9.02. The van der Waals surface area contributed by atoms with E-state index >= 15 is 0 Å². The van der Waals surface area contributed by atoms with E-state index < -0.39 is 5.97 Å². The predicted molar refractivity (Wildman–Crippen MR) is 81.8 cm³/mol. The second-order valence-corrected chi connectivity index (χ2v) is 7.48. The van der Waals surface area contributed by atoms with Gasteiger partial charge in [0.25, 0.3) is 0 Å². The summed E-state index contributed by atoms with van der Waals surface area (Å²) in [5, 5.41) is 9.04. The maximum atomic E-state index is 11.0. The molecule has 3 nitrogen and oxygen atoms in total. The highest BCUT2D eigenvalue weighted by molar-refractivity contribution is 5.67. The minimum absolute atomic E-state index is 0.299.